The van der Waals surface area contributed by atoms with Crippen LogP contribution < -0.4 is 4.74 Å². The first kappa shape index (κ1) is 16.1. The molecule has 0 aliphatic rings. The summed E-state index contributed by atoms with van der Waals surface area (Å²) in [4.78, 5) is 0. The number of ether oxygens (including phenoxy) is 1. The Kier molecular flexibility index (Phi) is 5.43. The number of hydrogen-bond acceptors (Lipinski definition) is 2. The van der Waals surface area contributed by atoms with E-state index in [-0.39, 0.29) is 0 Å². The quantitative estimate of drug-likeness (QED) is 0.829. The number of aliphatic hydroxyl groups excluding tert-OH is 1. The lowest BCUT2D eigenvalue weighted by atomic mass is 9.96. The Balaban J connectivity index is 2.31. The molecule has 0 bridgehead atoms. The van der Waals surface area contributed by atoms with E-state index in [9.17, 15) is 5.11 Å². The normalized spacial score (nSPS) is 12.2. The molecule has 112 valence electrons. The molecule has 0 radical (unpaired) electrons. The predicted molar refractivity (Wildman–Crippen MR) is 89.9 cm³/mol. The second kappa shape index (κ2) is 7.10. The largest absolute Gasteiger partial charge is 0.494 e. The molecule has 1 atom stereocenters. The van der Waals surface area contributed by atoms with E-state index in [1.165, 1.54) is 0 Å². The van der Waals surface area contributed by atoms with E-state index in [1.807, 2.05) is 50.2 Å². The molecule has 0 heterocycles. The number of aryl methyl sites for hydroxylation is 2. The van der Waals surface area contributed by atoms with Gasteiger partial charge in [0, 0.05) is 4.47 Å². The molecular weight excluding hydrogens is 328 g/mol. The molecule has 2 rings (SSSR count). The van der Waals surface area contributed by atoms with Crippen molar-refractivity contribution in [3.8, 4) is 5.75 Å². The summed E-state index contributed by atoms with van der Waals surface area (Å²) in [7, 11) is 0. The Morgan fingerprint density at radius 1 is 1.14 bits per heavy atom. The zero-order valence-corrected chi connectivity index (χ0v) is 14.3. The van der Waals surface area contributed by atoms with Gasteiger partial charge >= 0.3 is 0 Å². The highest BCUT2D eigenvalue weighted by atomic mass is 79.9. The van der Waals surface area contributed by atoms with Crippen LogP contribution in [0.3, 0.4) is 0 Å². The van der Waals surface area contributed by atoms with Crippen LogP contribution in [0, 0.1) is 13.8 Å². The van der Waals surface area contributed by atoms with Gasteiger partial charge in [-0.3, -0.25) is 0 Å². The molecule has 0 aliphatic heterocycles. The Bertz CT molecular complexity index is 623. The summed E-state index contributed by atoms with van der Waals surface area (Å²) in [6.07, 6.45) is 0.333. The summed E-state index contributed by atoms with van der Waals surface area (Å²) in [5, 5.41) is 10.7. The molecule has 0 aliphatic carbocycles. The second-order valence-corrected chi connectivity index (χ2v) is 6.14. The first-order valence-corrected chi connectivity index (χ1v) is 7.99. The lowest BCUT2D eigenvalue weighted by Crippen LogP contribution is -2.04. The maximum absolute atomic E-state index is 10.7. The van der Waals surface area contributed by atoms with Gasteiger partial charge in [0.1, 0.15) is 11.9 Å². The Hall–Kier alpha value is -1.32. The first-order valence-electron chi connectivity index (χ1n) is 7.20. The van der Waals surface area contributed by atoms with Crippen molar-refractivity contribution in [2.45, 2.75) is 33.3 Å². The SMILES string of the molecule is CCCOc1cccc(C(O)c2cc(C)c(Br)cc2C)c1. The van der Waals surface area contributed by atoms with Gasteiger partial charge in [-0.1, -0.05) is 41.1 Å². The fourth-order valence-electron chi connectivity index (χ4n) is 2.27. The van der Waals surface area contributed by atoms with Crippen molar-refractivity contribution < 1.29 is 9.84 Å². The van der Waals surface area contributed by atoms with Crippen molar-refractivity contribution in [3.63, 3.8) is 0 Å². The van der Waals surface area contributed by atoms with Gasteiger partial charge in [0.15, 0.2) is 0 Å². The summed E-state index contributed by atoms with van der Waals surface area (Å²) >= 11 is 3.52. The van der Waals surface area contributed by atoms with Crippen molar-refractivity contribution >= 4 is 15.9 Å². The van der Waals surface area contributed by atoms with Crippen LogP contribution in [0.1, 0.15) is 41.7 Å². The molecule has 2 nitrogen and oxygen atoms in total. The minimum Gasteiger partial charge on any atom is -0.494 e. The molecule has 0 saturated heterocycles. The van der Waals surface area contributed by atoms with Gasteiger partial charge in [0.05, 0.1) is 6.61 Å². The molecule has 0 fully saturated rings. The van der Waals surface area contributed by atoms with Crippen LogP contribution in [0.4, 0.5) is 0 Å². The number of hydrogen-bond donors (Lipinski definition) is 1. The van der Waals surface area contributed by atoms with Crippen LogP contribution in [0.25, 0.3) is 0 Å². The number of aliphatic hydroxyl groups is 1. The first-order chi connectivity index (χ1) is 10.0. The minimum absolute atomic E-state index is 0.637. The Labute approximate surface area is 134 Å². The van der Waals surface area contributed by atoms with E-state index in [0.29, 0.717) is 6.61 Å². The summed E-state index contributed by atoms with van der Waals surface area (Å²) in [6.45, 7) is 6.81. The van der Waals surface area contributed by atoms with E-state index in [1.54, 1.807) is 0 Å². The van der Waals surface area contributed by atoms with E-state index in [4.69, 9.17) is 4.74 Å². The van der Waals surface area contributed by atoms with E-state index in [0.717, 1.165) is 38.9 Å². The molecule has 0 amide bonds. The van der Waals surface area contributed by atoms with Crippen LogP contribution in [0.2, 0.25) is 0 Å². The third-order valence-corrected chi connectivity index (χ3v) is 4.34. The minimum atomic E-state index is -0.637. The summed E-state index contributed by atoms with van der Waals surface area (Å²) in [5.74, 6) is 0.805. The molecule has 1 N–H and O–H groups in total. The molecule has 0 aromatic heterocycles. The topological polar surface area (TPSA) is 29.5 Å². The predicted octanol–water partition coefficient (Wildman–Crippen LogP) is 4.94. The van der Waals surface area contributed by atoms with Gasteiger partial charge in [-0.25, -0.2) is 0 Å². The Morgan fingerprint density at radius 3 is 2.62 bits per heavy atom. The molecule has 21 heavy (non-hydrogen) atoms. The lowest BCUT2D eigenvalue weighted by Gasteiger charge is -2.17. The third kappa shape index (κ3) is 3.86. The average Bonchev–Trinajstić information content (AvgIpc) is 2.48. The van der Waals surface area contributed by atoms with Gasteiger partial charge in [-0.2, -0.15) is 0 Å². The van der Waals surface area contributed by atoms with Crippen molar-refractivity contribution in [3.05, 3.63) is 63.1 Å². The second-order valence-electron chi connectivity index (χ2n) is 5.28. The molecule has 0 spiro atoms. The standard InChI is InChI=1S/C18H21BrO2/c1-4-8-21-15-7-5-6-14(11-15)18(20)16-9-13(3)17(19)10-12(16)2/h5-7,9-11,18,20H,4,8H2,1-3H3. The number of rotatable bonds is 5. The van der Waals surface area contributed by atoms with Gasteiger partial charge in [-0.15, -0.1) is 0 Å². The third-order valence-electron chi connectivity index (χ3n) is 3.49. The summed E-state index contributed by atoms with van der Waals surface area (Å²) in [6, 6.07) is 11.8. The molecular formula is C18H21BrO2. The van der Waals surface area contributed by atoms with Crippen LogP contribution in [-0.4, -0.2) is 11.7 Å². The van der Waals surface area contributed by atoms with E-state index >= 15 is 0 Å². The van der Waals surface area contributed by atoms with Crippen LogP contribution in [0.5, 0.6) is 5.75 Å². The van der Waals surface area contributed by atoms with Crippen molar-refractivity contribution in [1.82, 2.24) is 0 Å². The van der Waals surface area contributed by atoms with Crippen molar-refractivity contribution in [1.29, 1.82) is 0 Å². The lowest BCUT2D eigenvalue weighted by molar-refractivity contribution is 0.218. The highest BCUT2D eigenvalue weighted by Gasteiger charge is 2.15. The van der Waals surface area contributed by atoms with Gasteiger partial charge in [-0.05, 0) is 60.7 Å². The molecule has 2 aromatic rings. The fourth-order valence-corrected chi connectivity index (χ4v) is 2.73. The maximum Gasteiger partial charge on any atom is 0.119 e. The maximum atomic E-state index is 10.7. The fraction of sp³-hybridized carbons (Fsp3) is 0.333. The number of halogens is 1. The highest BCUT2D eigenvalue weighted by Crippen LogP contribution is 2.30. The zero-order valence-electron chi connectivity index (χ0n) is 12.7. The van der Waals surface area contributed by atoms with Crippen LogP contribution >= 0.6 is 15.9 Å². The van der Waals surface area contributed by atoms with Gasteiger partial charge in [0.25, 0.3) is 0 Å². The van der Waals surface area contributed by atoms with E-state index in [2.05, 4.69) is 22.9 Å². The Morgan fingerprint density at radius 2 is 1.90 bits per heavy atom. The summed E-state index contributed by atoms with van der Waals surface area (Å²) < 4.78 is 6.70. The molecule has 0 saturated carbocycles. The average molecular weight is 349 g/mol. The smallest absolute Gasteiger partial charge is 0.119 e. The molecule has 1 unspecified atom stereocenters. The van der Waals surface area contributed by atoms with Crippen LogP contribution in [0.15, 0.2) is 40.9 Å². The van der Waals surface area contributed by atoms with Gasteiger partial charge < -0.3 is 9.84 Å². The monoisotopic (exact) mass is 348 g/mol. The molecule has 3 heteroatoms. The van der Waals surface area contributed by atoms with Crippen molar-refractivity contribution in [2.24, 2.45) is 0 Å². The van der Waals surface area contributed by atoms with Crippen molar-refractivity contribution in [2.75, 3.05) is 6.61 Å². The molecule has 2 aromatic carbocycles. The van der Waals surface area contributed by atoms with Crippen LogP contribution in [-0.2, 0) is 0 Å². The highest BCUT2D eigenvalue weighted by molar-refractivity contribution is 9.10. The number of benzene rings is 2. The van der Waals surface area contributed by atoms with Gasteiger partial charge in [0.2, 0.25) is 0 Å². The zero-order chi connectivity index (χ0) is 15.4. The summed E-state index contributed by atoms with van der Waals surface area (Å²) in [5.41, 5.74) is 3.98. The van der Waals surface area contributed by atoms with E-state index < -0.39 is 6.10 Å².